The number of anilines is 1. The molecule has 0 aromatic heterocycles. The third-order valence-corrected chi connectivity index (χ3v) is 4.35. The van der Waals surface area contributed by atoms with Gasteiger partial charge < -0.3 is 14.8 Å². The summed E-state index contributed by atoms with van der Waals surface area (Å²) in [7, 11) is 1.58. The summed E-state index contributed by atoms with van der Waals surface area (Å²) in [6, 6.07) is 11.4. The summed E-state index contributed by atoms with van der Waals surface area (Å²) in [6.07, 6.45) is 3.43. The van der Waals surface area contributed by atoms with Gasteiger partial charge in [0.1, 0.15) is 0 Å². The summed E-state index contributed by atoms with van der Waals surface area (Å²) in [5, 5.41) is 2.97. The molecule has 0 aliphatic heterocycles. The van der Waals surface area contributed by atoms with Crippen molar-refractivity contribution in [3.63, 3.8) is 0 Å². The van der Waals surface area contributed by atoms with Gasteiger partial charge in [-0.25, -0.2) is 0 Å². The van der Waals surface area contributed by atoms with Crippen molar-refractivity contribution in [1.29, 1.82) is 0 Å². The van der Waals surface area contributed by atoms with Crippen molar-refractivity contribution < 1.29 is 14.3 Å². The van der Waals surface area contributed by atoms with E-state index in [1.54, 1.807) is 25.3 Å². The fourth-order valence-electron chi connectivity index (χ4n) is 3.04. The second-order valence-corrected chi connectivity index (χ2v) is 6.86. The first-order valence-corrected chi connectivity index (χ1v) is 8.81. The van der Waals surface area contributed by atoms with Crippen LogP contribution in [0.3, 0.4) is 0 Å². The number of carbonyl (C=O) groups excluding carboxylic acids is 1. The lowest BCUT2D eigenvalue weighted by atomic mass is 10.1. The molecule has 1 aliphatic carbocycles. The largest absolute Gasteiger partial charge is 0.493 e. The molecule has 4 nitrogen and oxygen atoms in total. The van der Waals surface area contributed by atoms with Crippen molar-refractivity contribution in [3.8, 4) is 11.5 Å². The summed E-state index contributed by atoms with van der Waals surface area (Å²) in [6.45, 7) is 4.78. The lowest BCUT2D eigenvalue weighted by molar-refractivity contribution is 0.102. The van der Waals surface area contributed by atoms with Crippen LogP contribution in [0.5, 0.6) is 11.5 Å². The van der Waals surface area contributed by atoms with Gasteiger partial charge in [-0.1, -0.05) is 19.9 Å². The third-order valence-electron chi connectivity index (χ3n) is 4.35. The number of methoxy groups -OCH3 is 1. The van der Waals surface area contributed by atoms with Gasteiger partial charge in [-0.3, -0.25) is 4.79 Å². The lowest BCUT2D eigenvalue weighted by Crippen LogP contribution is -2.13. The standard InChI is InChI=1S/C21H25NO3/c1-14(2)13-25-19-10-8-17(12-20(19)24-3)21(23)22-18-9-7-15-5-4-6-16(15)11-18/h7-12,14H,4-6,13H2,1-3H3,(H,22,23). The van der Waals surface area contributed by atoms with Gasteiger partial charge >= 0.3 is 0 Å². The quantitative estimate of drug-likeness (QED) is 0.844. The molecule has 2 aromatic carbocycles. The number of carbonyl (C=O) groups is 1. The minimum atomic E-state index is -0.147. The molecule has 25 heavy (non-hydrogen) atoms. The van der Waals surface area contributed by atoms with Crippen LogP contribution in [-0.2, 0) is 12.8 Å². The van der Waals surface area contributed by atoms with Crippen LogP contribution in [0.25, 0.3) is 0 Å². The Kier molecular flexibility index (Phi) is 5.27. The van der Waals surface area contributed by atoms with Crippen molar-refractivity contribution >= 4 is 11.6 Å². The zero-order valence-electron chi connectivity index (χ0n) is 15.1. The Morgan fingerprint density at radius 1 is 1.08 bits per heavy atom. The van der Waals surface area contributed by atoms with Crippen molar-refractivity contribution in [1.82, 2.24) is 0 Å². The number of ether oxygens (including phenoxy) is 2. The van der Waals surface area contributed by atoms with Crippen molar-refractivity contribution in [2.24, 2.45) is 5.92 Å². The first-order valence-electron chi connectivity index (χ1n) is 8.81. The minimum Gasteiger partial charge on any atom is -0.493 e. The fourth-order valence-corrected chi connectivity index (χ4v) is 3.04. The number of rotatable bonds is 6. The maximum Gasteiger partial charge on any atom is 0.255 e. The first kappa shape index (κ1) is 17.3. The van der Waals surface area contributed by atoms with E-state index in [2.05, 4.69) is 31.3 Å². The number of aryl methyl sites for hydroxylation is 2. The summed E-state index contributed by atoms with van der Waals surface area (Å²) in [5.74, 6) is 1.51. The number of hydrogen-bond acceptors (Lipinski definition) is 3. The predicted molar refractivity (Wildman–Crippen MR) is 99.7 cm³/mol. The van der Waals surface area contributed by atoms with Gasteiger partial charge in [0.2, 0.25) is 0 Å². The van der Waals surface area contributed by atoms with Crippen LogP contribution in [0.4, 0.5) is 5.69 Å². The molecule has 0 radical (unpaired) electrons. The second kappa shape index (κ2) is 7.60. The Balaban J connectivity index is 1.73. The van der Waals surface area contributed by atoms with E-state index in [1.807, 2.05) is 6.07 Å². The topological polar surface area (TPSA) is 47.6 Å². The Morgan fingerprint density at radius 2 is 1.88 bits per heavy atom. The number of hydrogen-bond donors (Lipinski definition) is 1. The molecule has 4 heteroatoms. The summed E-state index contributed by atoms with van der Waals surface area (Å²) in [5.41, 5.74) is 4.12. The maximum atomic E-state index is 12.6. The van der Waals surface area contributed by atoms with Crippen LogP contribution in [0, 0.1) is 5.92 Å². The Labute approximate surface area is 149 Å². The minimum absolute atomic E-state index is 0.147. The summed E-state index contributed by atoms with van der Waals surface area (Å²) in [4.78, 5) is 12.6. The van der Waals surface area contributed by atoms with E-state index in [1.165, 1.54) is 17.5 Å². The summed E-state index contributed by atoms with van der Waals surface area (Å²) >= 11 is 0. The van der Waals surface area contributed by atoms with Crippen LogP contribution in [0.1, 0.15) is 41.8 Å². The highest BCUT2D eigenvalue weighted by atomic mass is 16.5. The zero-order valence-corrected chi connectivity index (χ0v) is 15.1. The Morgan fingerprint density at radius 3 is 2.64 bits per heavy atom. The molecule has 1 aliphatic rings. The Bertz CT molecular complexity index is 768. The average molecular weight is 339 g/mol. The van der Waals surface area contributed by atoms with Gasteiger partial charge in [-0.15, -0.1) is 0 Å². The molecule has 3 rings (SSSR count). The zero-order chi connectivity index (χ0) is 17.8. The third kappa shape index (κ3) is 4.13. The molecule has 0 fully saturated rings. The second-order valence-electron chi connectivity index (χ2n) is 6.86. The number of fused-ring (bicyclic) bond motifs is 1. The van der Waals surface area contributed by atoms with Crippen LogP contribution < -0.4 is 14.8 Å². The highest BCUT2D eigenvalue weighted by molar-refractivity contribution is 6.04. The first-order chi connectivity index (χ1) is 12.1. The van der Waals surface area contributed by atoms with Crippen LogP contribution in [0.2, 0.25) is 0 Å². The molecule has 0 unspecified atom stereocenters. The predicted octanol–water partition coefficient (Wildman–Crippen LogP) is 4.47. The van der Waals surface area contributed by atoms with Crippen molar-refractivity contribution in [2.75, 3.05) is 19.0 Å². The van der Waals surface area contributed by atoms with Gasteiger partial charge in [0.05, 0.1) is 13.7 Å². The molecule has 0 bridgehead atoms. The van der Waals surface area contributed by atoms with E-state index in [0.717, 1.165) is 18.5 Å². The SMILES string of the molecule is COc1cc(C(=O)Nc2ccc3c(c2)CCC3)ccc1OCC(C)C. The number of amides is 1. The molecule has 132 valence electrons. The van der Waals surface area contributed by atoms with E-state index in [4.69, 9.17) is 9.47 Å². The van der Waals surface area contributed by atoms with Crippen molar-refractivity contribution in [2.45, 2.75) is 33.1 Å². The highest BCUT2D eigenvalue weighted by Gasteiger charge is 2.14. The van der Waals surface area contributed by atoms with E-state index in [-0.39, 0.29) is 5.91 Å². The van der Waals surface area contributed by atoms with E-state index in [0.29, 0.717) is 29.6 Å². The lowest BCUT2D eigenvalue weighted by Gasteiger charge is -2.14. The highest BCUT2D eigenvalue weighted by Crippen LogP contribution is 2.29. The smallest absolute Gasteiger partial charge is 0.255 e. The van der Waals surface area contributed by atoms with E-state index in [9.17, 15) is 4.79 Å². The molecule has 2 aromatic rings. The molecule has 0 atom stereocenters. The van der Waals surface area contributed by atoms with E-state index >= 15 is 0 Å². The summed E-state index contributed by atoms with van der Waals surface area (Å²) < 4.78 is 11.1. The molecule has 0 spiro atoms. The molecular weight excluding hydrogens is 314 g/mol. The molecule has 0 heterocycles. The molecule has 0 saturated heterocycles. The van der Waals surface area contributed by atoms with Crippen LogP contribution in [0.15, 0.2) is 36.4 Å². The molecule has 0 saturated carbocycles. The number of nitrogens with one attached hydrogen (secondary N) is 1. The average Bonchev–Trinajstić information content (AvgIpc) is 3.07. The maximum absolute atomic E-state index is 12.6. The van der Waals surface area contributed by atoms with Crippen LogP contribution >= 0.6 is 0 Å². The molecule has 1 N–H and O–H groups in total. The fraction of sp³-hybridized carbons (Fsp3) is 0.381. The van der Waals surface area contributed by atoms with Gasteiger partial charge in [-0.2, -0.15) is 0 Å². The normalized spacial score (nSPS) is 12.8. The molecule has 1 amide bonds. The number of benzene rings is 2. The van der Waals surface area contributed by atoms with Gasteiger partial charge in [0, 0.05) is 11.3 Å². The van der Waals surface area contributed by atoms with E-state index < -0.39 is 0 Å². The molecular formula is C21H25NO3. The van der Waals surface area contributed by atoms with Gasteiger partial charge in [0.15, 0.2) is 11.5 Å². The monoisotopic (exact) mass is 339 g/mol. The van der Waals surface area contributed by atoms with Gasteiger partial charge in [-0.05, 0) is 66.6 Å². The van der Waals surface area contributed by atoms with Crippen molar-refractivity contribution in [3.05, 3.63) is 53.1 Å². The van der Waals surface area contributed by atoms with Crippen LogP contribution in [-0.4, -0.2) is 19.6 Å². The Hall–Kier alpha value is -2.49. The van der Waals surface area contributed by atoms with Gasteiger partial charge in [0.25, 0.3) is 5.91 Å².